The van der Waals surface area contributed by atoms with Gasteiger partial charge in [0.2, 0.25) is 0 Å². The van der Waals surface area contributed by atoms with Gasteiger partial charge in [0.25, 0.3) is 0 Å². The minimum Gasteiger partial charge on any atom is -0.153 e. The summed E-state index contributed by atoms with van der Waals surface area (Å²) in [4.78, 5) is 11.2. The summed E-state index contributed by atoms with van der Waals surface area (Å²) in [6, 6.07) is 13.9. The van der Waals surface area contributed by atoms with E-state index in [2.05, 4.69) is 63.7 Å². The molecule has 0 heterocycles. The molecule has 2 rings (SSSR count). The molecule has 0 aliphatic heterocycles. The van der Waals surface area contributed by atoms with E-state index < -0.39 is 0 Å². The van der Waals surface area contributed by atoms with Gasteiger partial charge in [0.05, 0.1) is 0 Å². The normalized spacial score (nSPS) is 12.1. The molecular formula is C23H27NOS. The van der Waals surface area contributed by atoms with Crippen LogP contribution in [0.3, 0.4) is 0 Å². The standard InChI is InChI=1S/C23H27NOS/c1-6-13-26-16-19(15-23(3,4)5)21-14-18(12-11-17(21)2)20-9-7-8-10-22(20)24-25/h6-12,14-15H,1,13,16H2,2-5H3/b19-15-. The van der Waals surface area contributed by atoms with Crippen molar-refractivity contribution in [3.8, 4) is 11.1 Å². The first-order valence-electron chi connectivity index (χ1n) is 8.80. The molecule has 0 aromatic heterocycles. The first-order chi connectivity index (χ1) is 12.4. The Hall–Kier alpha value is -2.13. The second kappa shape index (κ2) is 9.00. The molecular weight excluding hydrogens is 338 g/mol. The van der Waals surface area contributed by atoms with E-state index in [9.17, 15) is 4.91 Å². The van der Waals surface area contributed by atoms with Crippen LogP contribution in [0, 0.1) is 17.2 Å². The number of hydrogen-bond acceptors (Lipinski definition) is 3. The summed E-state index contributed by atoms with van der Waals surface area (Å²) in [6.07, 6.45) is 4.29. The highest BCUT2D eigenvalue weighted by Crippen LogP contribution is 2.35. The number of rotatable bonds is 7. The Kier molecular flexibility index (Phi) is 6.98. The maximum Gasteiger partial charge on any atom is 0.115 e. The van der Waals surface area contributed by atoms with Crippen molar-refractivity contribution in [2.45, 2.75) is 27.7 Å². The fourth-order valence-electron chi connectivity index (χ4n) is 2.90. The summed E-state index contributed by atoms with van der Waals surface area (Å²) in [7, 11) is 0. The number of allylic oxidation sites excluding steroid dienone is 1. The lowest BCUT2D eigenvalue weighted by Gasteiger charge is -2.19. The van der Waals surface area contributed by atoms with Crippen molar-refractivity contribution >= 4 is 23.0 Å². The molecule has 0 unspecified atom stereocenters. The lowest BCUT2D eigenvalue weighted by molar-refractivity contribution is 0.545. The molecule has 0 spiro atoms. The van der Waals surface area contributed by atoms with Gasteiger partial charge in [-0.25, -0.2) is 0 Å². The van der Waals surface area contributed by atoms with Crippen LogP contribution in [0.2, 0.25) is 0 Å². The van der Waals surface area contributed by atoms with Crippen LogP contribution >= 0.6 is 11.8 Å². The molecule has 2 aromatic carbocycles. The lowest BCUT2D eigenvalue weighted by atomic mass is 9.89. The van der Waals surface area contributed by atoms with Gasteiger partial charge in [-0.3, -0.25) is 0 Å². The van der Waals surface area contributed by atoms with Crippen molar-refractivity contribution < 1.29 is 0 Å². The Morgan fingerprint density at radius 1 is 1.19 bits per heavy atom. The van der Waals surface area contributed by atoms with E-state index in [-0.39, 0.29) is 5.41 Å². The Bertz CT molecular complexity index is 815. The molecule has 0 bridgehead atoms. The van der Waals surface area contributed by atoms with Gasteiger partial charge >= 0.3 is 0 Å². The minimum atomic E-state index is 0.0920. The van der Waals surface area contributed by atoms with Crippen LogP contribution in [0.25, 0.3) is 16.7 Å². The van der Waals surface area contributed by atoms with Crippen LogP contribution in [0.4, 0.5) is 5.69 Å². The molecule has 2 aromatic rings. The van der Waals surface area contributed by atoms with Crippen LogP contribution in [-0.4, -0.2) is 11.5 Å². The van der Waals surface area contributed by atoms with Crippen LogP contribution in [0.5, 0.6) is 0 Å². The van der Waals surface area contributed by atoms with E-state index in [1.54, 1.807) is 6.07 Å². The smallest absolute Gasteiger partial charge is 0.115 e. The summed E-state index contributed by atoms with van der Waals surface area (Å²) in [5.74, 6) is 1.86. The molecule has 0 amide bonds. The van der Waals surface area contributed by atoms with Gasteiger partial charge in [0.1, 0.15) is 5.69 Å². The minimum absolute atomic E-state index is 0.0920. The van der Waals surface area contributed by atoms with Crippen molar-refractivity contribution in [2.24, 2.45) is 10.6 Å². The van der Waals surface area contributed by atoms with Gasteiger partial charge in [0, 0.05) is 17.1 Å². The van der Waals surface area contributed by atoms with Gasteiger partial charge in [-0.15, -0.1) is 11.5 Å². The molecule has 0 saturated carbocycles. The number of nitrogens with zero attached hydrogens (tertiary/aromatic N) is 1. The Labute approximate surface area is 161 Å². The maximum absolute atomic E-state index is 11.2. The molecule has 0 aliphatic rings. The number of thioether (sulfide) groups is 1. The zero-order chi connectivity index (χ0) is 19.2. The third-order valence-electron chi connectivity index (χ3n) is 4.00. The van der Waals surface area contributed by atoms with Crippen LogP contribution in [-0.2, 0) is 0 Å². The Balaban J connectivity index is 2.53. The molecule has 136 valence electrons. The van der Waals surface area contributed by atoms with E-state index in [1.807, 2.05) is 36.0 Å². The second-order valence-electron chi connectivity index (χ2n) is 7.48. The first kappa shape index (κ1) is 20.2. The highest BCUT2D eigenvalue weighted by Gasteiger charge is 2.14. The summed E-state index contributed by atoms with van der Waals surface area (Å²) >= 11 is 1.86. The monoisotopic (exact) mass is 365 g/mol. The fraction of sp³-hybridized carbons (Fsp3) is 0.304. The average Bonchev–Trinajstić information content (AvgIpc) is 2.60. The molecule has 0 fully saturated rings. The lowest BCUT2D eigenvalue weighted by Crippen LogP contribution is -2.04. The second-order valence-corrected chi connectivity index (χ2v) is 8.51. The van der Waals surface area contributed by atoms with Crippen LogP contribution in [0.1, 0.15) is 31.9 Å². The van der Waals surface area contributed by atoms with Gasteiger partial charge < -0.3 is 0 Å². The zero-order valence-electron chi connectivity index (χ0n) is 16.1. The third-order valence-corrected chi connectivity index (χ3v) is 4.98. The predicted octanol–water partition coefficient (Wildman–Crippen LogP) is 7.41. The first-order valence-corrected chi connectivity index (χ1v) is 9.95. The average molecular weight is 366 g/mol. The molecule has 0 aliphatic carbocycles. The zero-order valence-corrected chi connectivity index (χ0v) is 16.9. The van der Waals surface area contributed by atoms with E-state index in [0.717, 1.165) is 22.6 Å². The highest BCUT2D eigenvalue weighted by molar-refractivity contribution is 7.99. The van der Waals surface area contributed by atoms with Gasteiger partial charge in [-0.1, -0.05) is 63.3 Å². The Morgan fingerprint density at radius 2 is 1.92 bits per heavy atom. The van der Waals surface area contributed by atoms with Crippen molar-refractivity contribution in [1.29, 1.82) is 0 Å². The Morgan fingerprint density at radius 3 is 2.58 bits per heavy atom. The van der Waals surface area contributed by atoms with Crippen molar-refractivity contribution in [3.63, 3.8) is 0 Å². The van der Waals surface area contributed by atoms with E-state index in [1.165, 1.54) is 16.7 Å². The van der Waals surface area contributed by atoms with Crippen molar-refractivity contribution in [1.82, 2.24) is 0 Å². The van der Waals surface area contributed by atoms with Crippen molar-refractivity contribution in [2.75, 3.05) is 11.5 Å². The topological polar surface area (TPSA) is 29.4 Å². The van der Waals surface area contributed by atoms with Gasteiger partial charge in [-0.05, 0) is 51.9 Å². The van der Waals surface area contributed by atoms with Gasteiger partial charge in [0.15, 0.2) is 0 Å². The number of aryl methyl sites for hydroxylation is 1. The molecule has 0 N–H and O–H groups in total. The van der Waals surface area contributed by atoms with Crippen LogP contribution in [0.15, 0.2) is 66.4 Å². The molecule has 2 nitrogen and oxygen atoms in total. The largest absolute Gasteiger partial charge is 0.153 e. The molecule has 26 heavy (non-hydrogen) atoms. The molecule has 0 radical (unpaired) electrons. The number of benzene rings is 2. The summed E-state index contributed by atoms with van der Waals surface area (Å²) in [5.41, 5.74) is 6.25. The molecule has 3 heteroatoms. The van der Waals surface area contributed by atoms with Crippen LogP contribution < -0.4 is 0 Å². The molecule has 0 atom stereocenters. The van der Waals surface area contributed by atoms with Crippen molar-refractivity contribution in [3.05, 3.63) is 77.2 Å². The summed E-state index contributed by atoms with van der Waals surface area (Å²) in [5, 5.41) is 3.18. The maximum atomic E-state index is 11.2. The predicted molar refractivity (Wildman–Crippen MR) is 117 cm³/mol. The van der Waals surface area contributed by atoms with Gasteiger partial charge in [-0.2, -0.15) is 11.8 Å². The SMILES string of the molecule is C=CCSC/C(=C/C(C)(C)C)c1cc(-c2ccccc2N=O)ccc1C. The van der Waals surface area contributed by atoms with E-state index >= 15 is 0 Å². The third kappa shape index (κ3) is 5.43. The molecule has 0 saturated heterocycles. The fourth-order valence-corrected chi connectivity index (χ4v) is 3.65. The number of nitroso groups, excluding NO2 is 1. The highest BCUT2D eigenvalue weighted by atomic mass is 32.2. The summed E-state index contributed by atoms with van der Waals surface area (Å²) in [6.45, 7) is 12.6. The van der Waals surface area contributed by atoms with E-state index in [4.69, 9.17) is 0 Å². The van der Waals surface area contributed by atoms with E-state index in [0.29, 0.717) is 5.69 Å². The number of hydrogen-bond donors (Lipinski definition) is 0. The summed E-state index contributed by atoms with van der Waals surface area (Å²) < 4.78 is 0. The quantitative estimate of drug-likeness (QED) is 0.290.